The Kier molecular flexibility index (Phi) is 4.70. The number of carbonyl (C=O) groups excluding carboxylic acids is 1. The molecule has 0 aliphatic carbocycles. The van der Waals surface area contributed by atoms with Gasteiger partial charge in [-0.05, 0) is 45.4 Å². The zero-order chi connectivity index (χ0) is 15.5. The number of halogens is 1. The summed E-state index contributed by atoms with van der Waals surface area (Å²) in [6, 6.07) is 6.57. The van der Waals surface area contributed by atoms with Crippen LogP contribution in [0.25, 0.3) is 0 Å². The molecule has 0 radical (unpaired) electrons. The molecule has 0 unspecified atom stereocenters. The zero-order valence-electron chi connectivity index (χ0n) is 12.9. The van der Waals surface area contributed by atoms with Crippen molar-refractivity contribution in [2.75, 3.05) is 31.1 Å². The number of hydrogen-bond acceptors (Lipinski definition) is 3. The van der Waals surface area contributed by atoms with Gasteiger partial charge in [-0.2, -0.15) is 0 Å². The first-order valence-corrected chi connectivity index (χ1v) is 7.33. The lowest BCUT2D eigenvalue weighted by Crippen LogP contribution is -2.39. The summed E-state index contributed by atoms with van der Waals surface area (Å²) < 4.78 is 18.7. The molecule has 1 aromatic carbocycles. The Morgan fingerprint density at radius 3 is 2.62 bits per heavy atom. The zero-order valence-corrected chi connectivity index (χ0v) is 12.9. The summed E-state index contributed by atoms with van der Waals surface area (Å²) in [6.07, 6.45) is 0.569. The van der Waals surface area contributed by atoms with Crippen molar-refractivity contribution in [3.63, 3.8) is 0 Å². The van der Waals surface area contributed by atoms with Crippen LogP contribution < -0.4 is 4.90 Å². The Morgan fingerprint density at radius 1 is 1.19 bits per heavy atom. The highest BCUT2D eigenvalue weighted by Crippen LogP contribution is 2.18. The topological polar surface area (TPSA) is 32.8 Å². The van der Waals surface area contributed by atoms with Crippen LogP contribution in [-0.2, 0) is 4.74 Å². The van der Waals surface area contributed by atoms with Gasteiger partial charge in [0.15, 0.2) is 0 Å². The number of hydrogen-bond donors (Lipinski definition) is 0. The summed E-state index contributed by atoms with van der Waals surface area (Å²) in [4.78, 5) is 15.9. The average molecular weight is 294 g/mol. The van der Waals surface area contributed by atoms with Gasteiger partial charge < -0.3 is 14.5 Å². The summed E-state index contributed by atoms with van der Waals surface area (Å²) in [5.41, 5.74) is 0.382. The summed E-state index contributed by atoms with van der Waals surface area (Å²) in [5.74, 6) is -0.235. The Balaban J connectivity index is 1.97. The summed E-state index contributed by atoms with van der Waals surface area (Å²) in [6.45, 7) is 8.34. The van der Waals surface area contributed by atoms with E-state index in [0.717, 1.165) is 18.7 Å². The Labute approximate surface area is 125 Å². The van der Waals surface area contributed by atoms with Crippen LogP contribution in [0.1, 0.15) is 27.2 Å². The Hall–Kier alpha value is -1.78. The highest BCUT2D eigenvalue weighted by Gasteiger charge is 2.24. The number of ether oxygens (including phenoxy) is 1. The minimum atomic E-state index is -0.481. The number of carbonyl (C=O) groups is 1. The third-order valence-electron chi connectivity index (χ3n) is 3.32. The molecule has 1 aromatic rings. The summed E-state index contributed by atoms with van der Waals surface area (Å²) >= 11 is 0. The molecule has 1 amide bonds. The van der Waals surface area contributed by atoms with Gasteiger partial charge in [-0.3, -0.25) is 0 Å². The van der Waals surface area contributed by atoms with Crippen LogP contribution >= 0.6 is 0 Å². The highest BCUT2D eigenvalue weighted by atomic mass is 19.1. The first-order valence-electron chi connectivity index (χ1n) is 7.33. The fourth-order valence-corrected chi connectivity index (χ4v) is 2.36. The van der Waals surface area contributed by atoms with Gasteiger partial charge in [-0.1, -0.05) is 6.07 Å². The lowest BCUT2D eigenvalue weighted by molar-refractivity contribution is 0.0263. The van der Waals surface area contributed by atoms with Crippen molar-refractivity contribution in [2.45, 2.75) is 32.8 Å². The SMILES string of the molecule is CC(C)(C)OC(=O)N1CCCN(c2cccc(F)c2)CC1. The van der Waals surface area contributed by atoms with E-state index in [1.165, 1.54) is 12.1 Å². The monoisotopic (exact) mass is 294 g/mol. The molecular weight excluding hydrogens is 271 g/mol. The van der Waals surface area contributed by atoms with Crippen molar-refractivity contribution < 1.29 is 13.9 Å². The van der Waals surface area contributed by atoms with E-state index < -0.39 is 5.60 Å². The standard InChI is InChI=1S/C16H23FN2O2/c1-16(2,3)21-15(20)19-9-5-8-18(10-11-19)14-7-4-6-13(17)12-14/h4,6-7,12H,5,8-11H2,1-3H3. The molecule has 0 atom stereocenters. The molecule has 4 nitrogen and oxygen atoms in total. The molecule has 0 N–H and O–H groups in total. The normalized spacial score (nSPS) is 16.6. The molecule has 1 saturated heterocycles. The minimum absolute atomic E-state index is 0.235. The number of nitrogens with zero attached hydrogens (tertiary/aromatic N) is 2. The lowest BCUT2D eigenvalue weighted by atomic mass is 10.2. The van der Waals surface area contributed by atoms with E-state index in [2.05, 4.69) is 4.90 Å². The smallest absolute Gasteiger partial charge is 0.410 e. The van der Waals surface area contributed by atoms with E-state index in [1.54, 1.807) is 11.0 Å². The van der Waals surface area contributed by atoms with Crippen molar-refractivity contribution in [2.24, 2.45) is 0 Å². The van der Waals surface area contributed by atoms with E-state index in [1.807, 2.05) is 26.8 Å². The quantitative estimate of drug-likeness (QED) is 0.797. The van der Waals surface area contributed by atoms with Crippen molar-refractivity contribution in [3.05, 3.63) is 30.1 Å². The first kappa shape index (κ1) is 15.6. The van der Waals surface area contributed by atoms with Crippen LogP contribution in [0.4, 0.5) is 14.9 Å². The number of anilines is 1. The maximum Gasteiger partial charge on any atom is 0.410 e. The molecule has 116 valence electrons. The fraction of sp³-hybridized carbons (Fsp3) is 0.562. The van der Waals surface area contributed by atoms with E-state index in [4.69, 9.17) is 4.74 Å². The number of rotatable bonds is 1. The van der Waals surface area contributed by atoms with Crippen LogP contribution in [0.2, 0.25) is 0 Å². The molecule has 5 heteroatoms. The van der Waals surface area contributed by atoms with Gasteiger partial charge >= 0.3 is 6.09 Å². The molecule has 0 aromatic heterocycles. The van der Waals surface area contributed by atoms with Crippen molar-refractivity contribution in [1.29, 1.82) is 0 Å². The predicted molar refractivity (Wildman–Crippen MR) is 81.0 cm³/mol. The second-order valence-electron chi connectivity index (χ2n) is 6.29. The predicted octanol–water partition coefficient (Wildman–Crippen LogP) is 3.27. The van der Waals surface area contributed by atoms with E-state index in [-0.39, 0.29) is 11.9 Å². The molecule has 0 saturated carbocycles. The van der Waals surface area contributed by atoms with Crippen molar-refractivity contribution in [3.8, 4) is 0 Å². The average Bonchev–Trinajstić information content (AvgIpc) is 2.62. The minimum Gasteiger partial charge on any atom is -0.444 e. The largest absolute Gasteiger partial charge is 0.444 e. The number of benzene rings is 1. The maximum atomic E-state index is 13.3. The molecule has 0 bridgehead atoms. The van der Waals surface area contributed by atoms with E-state index in [0.29, 0.717) is 19.6 Å². The van der Waals surface area contributed by atoms with Crippen molar-refractivity contribution >= 4 is 11.8 Å². The van der Waals surface area contributed by atoms with Crippen molar-refractivity contribution in [1.82, 2.24) is 4.90 Å². The third-order valence-corrected chi connectivity index (χ3v) is 3.32. The van der Waals surface area contributed by atoms with Crippen LogP contribution in [-0.4, -0.2) is 42.8 Å². The van der Waals surface area contributed by atoms with Gasteiger partial charge in [0.05, 0.1) is 0 Å². The maximum absolute atomic E-state index is 13.3. The fourth-order valence-electron chi connectivity index (χ4n) is 2.36. The van der Waals surface area contributed by atoms with Crippen LogP contribution in [0.3, 0.4) is 0 Å². The van der Waals surface area contributed by atoms with E-state index >= 15 is 0 Å². The molecule has 1 fully saturated rings. The second-order valence-corrected chi connectivity index (χ2v) is 6.29. The first-order chi connectivity index (χ1) is 9.85. The van der Waals surface area contributed by atoms with Gasteiger partial charge in [0.2, 0.25) is 0 Å². The molecule has 2 rings (SSSR count). The van der Waals surface area contributed by atoms with Gasteiger partial charge in [0, 0.05) is 31.9 Å². The van der Waals surface area contributed by atoms with Gasteiger partial charge in [-0.25, -0.2) is 9.18 Å². The summed E-state index contributed by atoms with van der Waals surface area (Å²) in [7, 11) is 0. The molecule has 0 spiro atoms. The third kappa shape index (κ3) is 4.62. The second kappa shape index (κ2) is 6.33. The number of amides is 1. The highest BCUT2D eigenvalue weighted by molar-refractivity contribution is 5.68. The summed E-state index contributed by atoms with van der Waals surface area (Å²) in [5, 5.41) is 0. The van der Waals surface area contributed by atoms with Crippen LogP contribution in [0.15, 0.2) is 24.3 Å². The van der Waals surface area contributed by atoms with Gasteiger partial charge in [0.1, 0.15) is 11.4 Å². The van der Waals surface area contributed by atoms with Gasteiger partial charge in [-0.15, -0.1) is 0 Å². The molecule has 21 heavy (non-hydrogen) atoms. The van der Waals surface area contributed by atoms with Crippen LogP contribution in [0, 0.1) is 5.82 Å². The Bertz CT molecular complexity index is 499. The Morgan fingerprint density at radius 2 is 1.95 bits per heavy atom. The van der Waals surface area contributed by atoms with Gasteiger partial charge in [0.25, 0.3) is 0 Å². The lowest BCUT2D eigenvalue weighted by Gasteiger charge is -2.27. The molecule has 1 aliphatic heterocycles. The molecule has 1 aliphatic rings. The molecule has 1 heterocycles. The van der Waals surface area contributed by atoms with E-state index in [9.17, 15) is 9.18 Å². The molecular formula is C16H23FN2O2. The van der Waals surface area contributed by atoms with Crippen LogP contribution in [0.5, 0.6) is 0 Å².